The summed E-state index contributed by atoms with van der Waals surface area (Å²) in [6.07, 6.45) is 1.60. The molecule has 0 spiro atoms. The number of benzene rings is 1. The third kappa shape index (κ3) is 3.71. The number of carbonyl (C=O) groups excluding carboxylic acids is 1. The summed E-state index contributed by atoms with van der Waals surface area (Å²) >= 11 is 2.93. The highest BCUT2D eigenvalue weighted by Crippen LogP contribution is 2.28. The second-order valence-electron chi connectivity index (χ2n) is 4.44. The van der Waals surface area contributed by atoms with Crippen molar-refractivity contribution in [3.63, 3.8) is 0 Å². The van der Waals surface area contributed by atoms with E-state index in [0.717, 1.165) is 15.6 Å². The molecule has 1 aromatic carbocycles. The third-order valence-corrected chi connectivity index (χ3v) is 4.74. The van der Waals surface area contributed by atoms with Gasteiger partial charge < -0.3 is 0 Å². The van der Waals surface area contributed by atoms with Crippen molar-refractivity contribution in [2.75, 3.05) is 11.1 Å². The zero-order valence-corrected chi connectivity index (χ0v) is 13.4. The van der Waals surface area contributed by atoms with Gasteiger partial charge in [-0.2, -0.15) is 0 Å². The predicted octanol–water partition coefficient (Wildman–Crippen LogP) is 2.35. The first kappa shape index (κ1) is 14.7. The van der Waals surface area contributed by atoms with Crippen molar-refractivity contribution in [2.45, 2.75) is 4.34 Å². The van der Waals surface area contributed by atoms with Crippen LogP contribution in [0.2, 0.25) is 0 Å². The maximum atomic E-state index is 11.8. The molecule has 0 atom stereocenters. The molecule has 0 aliphatic heterocycles. The van der Waals surface area contributed by atoms with Gasteiger partial charge in [-0.05, 0) is 0 Å². The number of thiazole rings is 1. The maximum Gasteiger partial charge on any atom is 0.302 e. The van der Waals surface area contributed by atoms with E-state index in [9.17, 15) is 4.79 Å². The summed E-state index contributed by atoms with van der Waals surface area (Å²) < 4.78 is 7.25. The fourth-order valence-electron chi connectivity index (χ4n) is 1.75. The average Bonchev–Trinajstić information content (AvgIpc) is 3.15. The lowest BCUT2D eigenvalue weighted by Crippen LogP contribution is -2.28. The highest BCUT2D eigenvalue weighted by molar-refractivity contribution is 8.01. The number of amides is 1. The number of aryl methyl sites for hydroxylation is 1. The van der Waals surface area contributed by atoms with Gasteiger partial charge >= 0.3 is 5.88 Å². The van der Waals surface area contributed by atoms with Crippen LogP contribution in [0.15, 0.2) is 50.8 Å². The maximum absolute atomic E-state index is 11.8. The fourth-order valence-corrected chi connectivity index (χ4v) is 3.38. The number of nitrogens with zero attached hydrogens (tertiary/aromatic N) is 3. The molecule has 0 unspecified atom stereocenters. The lowest BCUT2D eigenvalue weighted by molar-refractivity contribution is -0.739. The minimum absolute atomic E-state index is 0.154. The Bertz CT molecular complexity index is 770. The summed E-state index contributed by atoms with van der Waals surface area (Å²) in [5, 5.41) is 8.27. The summed E-state index contributed by atoms with van der Waals surface area (Å²) in [7, 11) is 1.72. The van der Waals surface area contributed by atoms with E-state index < -0.39 is 0 Å². The van der Waals surface area contributed by atoms with Crippen LogP contribution >= 0.6 is 23.1 Å². The summed E-state index contributed by atoms with van der Waals surface area (Å²) in [5.74, 6) is 0.446. The molecule has 0 bridgehead atoms. The first-order valence-corrected chi connectivity index (χ1v) is 8.33. The number of aromatic nitrogens is 3. The fraction of sp³-hybridized carbons (Fsp3) is 0.143. The number of anilines is 1. The molecule has 0 aliphatic carbocycles. The van der Waals surface area contributed by atoms with Crippen LogP contribution in [0, 0.1) is 0 Å². The van der Waals surface area contributed by atoms with E-state index in [4.69, 9.17) is 4.52 Å². The molecule has 2 heterocycles. The van der Waals surface area contributed by atoms with Gasteiger partial charge in [-0.15, -0.1) is 11.3 Å². The van der Waals surface area contributed by atoms with E-state index in [0.29, 0.717) is 5.88 Å². The van der Waals surface area contributed by atoms with Gasteiger partial charge in [0, 0.05) is 10.9 Å². The molecule has 2 aromatic heterocycles. The predicted molar refractivity (Wildman–Crippen MR) is 84.6 cm³/mol. The Kier molecular flexibility index (Phi) is 4.50. The lowest BCUT2D eigenvalue weighted by atomic mass is 10.2. The van der Waals surface area contributed by atoms with Crippen molar-refractivity contribution in [1.82, 2.24) is 10.3 Å². The van der Waals surface area contributed by atoms with E-state index in [1.165, 1.54) is 27.8 Å². The first-order chi connectivity index (χ1) is 10.7. The number of carbonyl (C=O) groups is 1. The molecule has 0 saturated heterocycles. The van der Waals surface area contributed by atoms with E-state index in [2.05, 4.69) is 15.6 Å². The zero-order valence-electron chi connectivity index (χ0n) is 11.7. The molecule has 0 radical (unpaired) electrons. The van der Waals surface area contributed by atoms with E-state index >= 15 is 0 Å². The van der Waals surface area contributed by atoms with E-state index in [1.54, 1.807) is 13.2 Å². The third-order valence-electron chi connectivity index (χ3n) is 2.71. The van der Waals surface area contributed by atoms with Gasteiger partial charge in [-0.1, -0.05) is 46.8 Å². The van der Waals surface area contributed by atoms with Gasteiger partial charge in [0.25, 0.3) is 6.20 Å². The first-order valence-electron chi connectivity index (χ1n) is 6.47. The summed E-state index contributed by atoms with van der Waals surface area (Å²) in [6.45, 7) is 0. The molecule has 8 heteroatoms. The minimum atomic E-state index is -0.154. The normalized spacial score (nSPS) is 10.6. The Balaban J connectivity index is 1.56. The number of rotatable bonds is 5. The largest absolute Gasteiger partial charge is 0.302 e. The molecule has 0 aliphatic rings. The van der Waals surface area contributed by atoms with Crippen LogP contribution in [-0.4, -0.2) is 21.9 Å². The molecule has 1 amide bonds. The highest BCUT2D eigenvalue weighted by Gasteiger charge is 2.12. The van der Waals surface area contributed by atoms with Crippen LogP contribution in [0.25, 0.3) is 11.3 Å². The molecule has 6 nitrogen and oxygen atoms in total. The van der Waals surface area contributed by atoms with Crippen molar-refractivity contribution in [2.24, 2.45) is 7.05 Å². The number of hydrogen-bond donors (Lipinski definition) is 1. The molecule has 22 heavy (non-hydrogen) atoms. The SMILES string of the molecule is C[n+]1cc(NC(=O)CSc2nc(-c3ccccc3)cs2)on1. The summed E-state index contributed by atoms with van der Waals surface area (Å²) in [4.78, 5) is 16.3. The molecular weight excluding hydrogens is 320 g/mol. The average molecular weight is 333 g/mol. The van der Waals surface area contributed by atoms with Gasteiger partial charge in [-0.25, -0.2) is 4.98 Å². The molecule has 1 N–H and O–H groups in total. The van der Waals surface area contributed by atoms with Crippen LogP contribution in [0.4, 0.5) is 5.88 Å². The Labute approximate surface area is 135 Å². The van der Waals surface area contributed by atoms with Crippen LogP contribution in [-0.2, 0) is 11.8 Å². The number of thioether (sulfide) groups is 1. The van der Waals surface area contributed by atoms with Gasteiger partial charge in [0.15, 0.2) is 16.7 Å². The second kappa shape index (κ2) is 6.71. The smallest absolute Gasteiger partial charge is 0.288 e. The number of hydrogen-bond acceptors (Lipinski definition) is 6. The molecule has 0 fully saturated rings. The van der Waals surface area contributed by atoms with E-state index in [1.807, 2.05) is 35.7 Å². The monoisotopic (exact) mass is 333 g/mol. The van der Waals surface area contributed by atoms with Crippen LogP contribution < -0.4 is 10.00 Å². The summed E-state index contributed by atoms with van der Waals surface area (Å²) in [6, 6.07) is 9.96. The molecule has 3 aromatic rings. The van der Waals surface area contributed by atoms with Gasteiger partial charge in [0.2, 0.25) is 5.91 Å². The van der Waals surface area contributed by atoms with Crippen molar-refractivity contribution < 1.29 is 14.0 Å². The van der Waals surface area contributed by atoms with Gasteiger partial charge in [-0.3, -0.25) is 14.6 Å². The molecule has 0 saturated carbocycles. The van der Waals surface area contributed by atoms with Crippen molar-refractivity contribution >= 4 is 34.9 Å². The Hall–Kier alpha value is -2.19. The Morgan fingerprint density at radius 1 is 1.41 bits per heavy atom. The van der Waals surface area contributed by atoms with Crippen LogP contribution in [0.1, 0.15) is 0 Å². The van der Waals surface area contributed by atoms with Crippen LogP contribution in [0.5, 0.6) is 0 Å². The van der Waals surface area contributed by atoms with Crippen molar-refractivity contribution in [3.8, 4) is 11.3 Å². The standard InChI is InChI=1S/C14H12N4O2S2/c1-18-7-13(20-17-18)16-12(19)9-22-14-15-11(8-21-14)10-5-3-2-4-6-10/h2-8H,9H2,1H3/p+1. The highest BCUT2D eigenvalue weighted by atomic mass is 32.2. The van der Waals surface area contributed by atoms with Gasteiger partial charge in [0.05, 0.1) is 11.4 Å². The van der Waals surface area contributed by atoms with Crippen LogP contribution in [0.3, 0.4) is 0 Å². The van der Waals surface area contributed by atoms with Crippen molar-refractivity contribution in [1.29, 1.82) is 0 Å². The van der Waals surface area contributed by atoms with Gasteiger partial charge in [0.1, 0.15) is 0 Å². The number of nitrogens with one attached hydrogen (secondary N) is 1. The molecule has 112 valence electrons. The summed E-state index contributed by atoms with van der Waals surface area (Å²) in [5.41, 5.74) is 2.00. The zero-order chi connectivity index (χ0) is 15.4. The quantitative estimate of drug-likeness (QED) is 0.573. The van der Waals surface area contributed by atoms with Crippen molar-refractivity contribution in [3.05, 3.63) is 41.9 Å². The Morgan fingerprint density at radius 2 is 2.23 bits per heavy atom. The van der Waals surface area contributed by atoms with E-state index in [-0.39, 0.29) is 11.7 Å². The topological polar surface area (TPSA) is 71.9 Å². The Morgan fingerprint density at radius 3 is 2.95 bits per heavy atom. The molecule has 3 rings (SSSR count). The lowest BCUT2D eigenvalue weighted by Gasteiger charge is -1.97. The minimum Gasteiger partial charge on any atom is -0.288 e. The molecular formula is C14H13N4O2S2+. The second-order valence-corrected chi connectivity index (χ2v) is 6.52.